The van der Waals surface area contributed by atoms with Gasteiger partial charge in [0.15, 0.2) is 5.71 Å². The van der Waals surface area contributed by atoms with Crippen LogP contribution in [0.15, 0.2) is 120 Å². The second-order valence-electron chi connectivity index (χ2n) is 16.4. The number of aromatic carboxylic acids is 2. The van der Waals surface area contributed by atoms with Crippen molar-refractivity contribution in [1.29, 1.82) is 0 Å². The van der Waals surface area contributed by atoms with E-state index in [2.05, 4.69) is 120 Å². The predicted octanol–water partition coefficient (Wildman–Crippen LogP) is 10.5. The van der Waals surface area contributed by atoms with Crippen LogP contribution in [-0.4, -0.2) is 46.5 Å². The van der Waals surface area contributed by atoms with Gasteiger partial charge >= 0.3 is 11.9 Å². The molecule has 6 nitrogen and oxygen atoms in total. The molecule has 4 aromatic rings. The van der Waals surface area contributed by atoms with Crippen LogP contribution >= 0.6 is 0 Å². The normalized spacial score (nSPS) is 20.5. The molecule has 2 heterocycles. The molecule has 0 saturated heterocycles. The van der Waals surface area contributed by atoms with Crippen molar-refractivity contribution in [3.8, 4) is 0 Å². The smallest absolute Gasteiger partial charge is 0.335 e. The summed E-state index contributed by atoms with van der Waals surface area (Å²) >= 11 is 0. The summed E-state index contributed by atoms with van der Waals surface area (Å²) in [5, 5.41) is 23.1. The van der Waals surface area contributed by atoms with Crippen LogP contribution in [-0.2, 0) is 10.8 Å². The monoisotopic (exact) mass is 691 g/mol. The van der Waals surface area contributed by atoms with Crippen molar-refractivity contribution in [2.24, 2.45) is 5.41 Å². The molecule has 264 valence electrons. The lowest BCUT2D eigenvalue weighted by Gasteiger charge is -2.30. The van der Waals surface area contributed by atoms with Crippen molar-refractivity contribution in [2.45, 2.75) is 65.2 Å². The molecular weight excluding hydrogens is 645 g/mol. The molecule has 0 amide bonds. The van der Waals surface area contributed by atoms with Crippen molar-refractivity contribution >= 4 is 50.6 Å². The van der Waals surface area contributed by atoms with Crippen LogP contribution in [0, 0.1) is 5.41 Å². The first-order valence-electron chi connectivity index (χ1n) is 17.9. The van der Waals surface area contributed by atoms with E-state index in [9.17, 15) is 19.8 Å². The Balaban J connectivity index is 1.15. The molecule has 0 atom stereocenters. The third-order valence-corrected chi connectivity index (χ3v) is 11.3. The van der Waals surface area contributed by atoms with Crippen molar-refractivity contribution in [1.82, 2.24) is 0 Å². The lowest BCUT2D eigenvalue weighted by atomic mass is 9.75. The highest BCUT2D eigenvalue weighted by molar-refractivity contribution is 6.08. The lowest BCUT2D eigenvalue weighted by molar-refractivity contribution is -0.401. The standard InChI is InChI=1S/C46H46N2O4/c1-44(2)26-28(11-9-13-38-45(3,4)40-34-19-15-32(42(49)50)24-30(34)17-21-36(40)47(38)7)23-29(27-44)12-10-14-39-46(5,6)41-35-20-16-33(43(51)52)25-31(35)18-22-37(41)48(39)8/h9-25H,26-27H2,1-8H3,(H-,49,50,51,52)/p+1. The SMILES string of the molecule is CN1/C(=C/C=C/C2=CC(=C\C=C\C3=[N+](C)c4ccc5cc(C(=O)O)ccc5c4C3(C)C)/CC(C)(C)C2)C(C)(C)c2c1ccc1cc(C(=O)O)ccc21. The Labute approximate surface area is 306 Å². The van der Waals surface area contributed by atoms with Gasteiger partial charge in [-0.05, 0) is 113 Å². The van der Waals surface area contributed by atoms with E-state index in [1.807, 2.05) is 24.3 Å². The summed E-state index contributed by atoms with van der Waals surface area (Å²) in [4.78, 5) is 25.5. The molecule has 2 N–H and O–H groups in total. The average Bonchev–Trinajstić information content (AvgIpc) is 3.40. The van der Waals surface area contributed by atoms with Gasteiger partial charge in [0.25, 0.3) is 0 Å². The number of fused-ring (bicyclic) bond motifs is 6. The Morgan fingerprint density at radius 1 is 0.731 bits per heavy atom. The number of anilines is 1. The van der Waals surface area contributed by atoms with Gasteiger partial charge in [-0.15, -0.1) is 0 Å². The maximum atomic E-state index is 11.6. The van der Waals surface area contributed by atoms with Gasteiger partial charge in [-0.2, -0.15) is 4.58 Å². The molecule has 6 heteroatoms. The highest BCUT2D eigenvalue weighted by Crippen LogP contribution is 2.50. The van der Waals surface area contributed by atoms with E-state index in [-0.39, 0.29) is 16.2 Å². The average molecular weight is 692 g/mol. The Hall–Kier alpha value is -5.49. The summed E-state index contributed by atoms with van der Waals surface area (Å²) in [6, 6.07) is 19.1. The summed E-state index contributed by atoms with van der Waals surface area (Å²) in [6.45, 7) is 13.6. The first-order chi connectivity index (χ1) is 24.5. The lowest BCUT2D eigenvalue weighted by Crippen LogP contribution is -2.26. The molecule has 4 aromatic carbocycles. The van der Waals surface area contributed by atoms with Gasteiger partial charge < -0.3 is 15.1 Å². The van der Waals surface area contributed by atoms with Gasteiger partial charge in [-0.1, -0.05) is 76.3 Å². The van der Waals surface area contributed by atoms with Crippen LogP contribution in [0.25, 0.3) is 21.5 Å². The maximum absolute atomic E-state index is 11.6. The summed E-state index contributed by atoms with van der Waals surface area (Å²) in [5.74, 6) is -1.83. The molecule has 0 aromatic heterocycles. The van der Waals surface area contributed by atoms with Crippen LogP contribution in [0.5, 0.6) is 0 Å². The molecule has 0 bridgehead atoms. The molecule has 0 saturated carbocycles. The van der Waals surface area contributed by atoms with Crippen molar-refractivity contribution < 1.29 is 24.4 Å². The topological polar surface area (TPSA) is 80.8 Å². The van der Waals surface area contributed by atoms with Crippen LogP contribution in [0.4, 0.5) is 11.4 Å². The summed E-state index contributed by atoms with van der Waals surface area (Å²) in [7, 11) is 4.22. The maximum Gasteiger partial charge on any atom is 0.335 e. The second kappa shape index (κ2) is 12.3. The Bertz CT molecular complexity index is 2410. The van der Waals surface area contributed by atoms with Gasteiger partial charge in [0.2, 0.25) is 5.69 Å². The molecular formula is C46H47N2O4+. The predicted molar refractivity (Wildman–Crippen MR) is 213 cm³/mol. The van der Waals surface area contributed by atoms with Crippen molar-refractivity contribution in [3.63, 3.8) is 0 Å². The first-order valence-corrected chi connectivity index (χ1v) is 17.9. The van der Waals surface area contributed by atoms with Gasteiger partial charge in [0, 0.05) is 41.6 Å². The van der Waals surface area contributed by atoms with Gasteiger partial charge in [0.1, 0.15) is 7.05 Å². The molecule has 7 rings (SSSR count). The number of hydrogen-bond donors (Lipinski definition) is 2. The fourth-order valence-electron chi connectivity index (χ4n) is 9.02. The van der Waals surface area contributed by atoms with Crippen LogP contribution in [0.3, 0.4) is 0 Å². The van der Waals surface area contributed by atoms with Crippen molar-refractivity contribution in [2.75, 3.05) is 19.0 Å². The van der Waals surface area contributed by atoms with Gasteiger partial charge in [0.05, 0.1) is 16.5 Å². The summed E-state index contributed by atoms with van der Waals surface area (Å²) < 4.78 is 2.26. The van der Waals surface area contributed by atoms with E-state index in [1.54, 1.807) is 24.3 Å². The number of allylic oxidation sites excluding steroid dienone is 10. The fraction of sp³-hybridized carbons (Fsp3) is 0.283. The number of likely N-dealkylation sites (N-methyl/N-ethyl adjacent to an activating group) is 1. The zero-order valence-corrected chi connectivity index (χ0v) is 31.3. The van der Waals surface area contributed by atoms with Gasteiger partial charge in [-0.25, -0.2) is 9.59 Å². The quantitative estimate of drug-likeness (QED) is 0.197. The molecule has 0 unspecified atom stereocenters. The minimum Gasteiger partial charge on any atom is -0.478 e. The minimum atomic E-state index is -0.914. The second-order valence-corrected chi connectivity index (χ2v) is 16.4. The molecule has 52 heavy (non-hydrogen) atoms. The Morgan fingerprint density at radius 2 is 1.33 bits per heavy atom. The highest BCUT2D eigenvalue weighted by atomic mass is 16.4. The number of carboxylic acid groups (broad SMARTS) is 2. The number of carboxylic acids is 2. The van der Waals surface area contributed by atoms with E-state index < -0.39 is 11.9 Å². The Kier molecular flexibility index (Phi) is 8.28. The third kappa shape index (κ3) is 5.80. The molecule has 1 aliphatic carbocycles. The fourth-order valence-corrected chi connectivity index (χ4v) is 9.02. The van der Waals surface area contributed by atoms with E-state index >= 15 is 0 Å². The molecule has 2 aliphatic heterocycles. The van der Waals surface area contributed by atoms with Crippen molar-refractivity contribution in [3.05, 3.63) is 142 Å². The summed E-state index contributed by atoms with van der Waals surface area (Å²) in [5.41, 5.74) is 9.90. The number of carbonyl (C=O) groups is 2. The van der Waals surface area contributed by atoms with Crippen LogP contribution in [0.1, 0.15) is 86.2 Å². The number of nitrogens with zero attached hydrogens (tertiary/aromatic N) is 2. The van der Waals surface area contributed by atoms with E-state index in [0.29, 0.717) is 11.1 Å². The number of benzene rings is 4. The Morgan fingerprint density at radius 3 is 1.96 bits per heavy atom. The zero-order chi connectivity index (χ0) is 37.3. The molecule has 0 fully saturated rings. The summed E-state index contributed by atoms with van der Waals surface area (Å²) in [6.07, 6.45) is 17.6. The first kappa shape index (κ1) is 34.9. The van der Waals surface area contributed by atoms with Gasteiger partial charge in [-0.3, -0.25) is 0 Å². The molecule has 0 spiro atoms. The molecule has 3 aliphatic rings. The number of rotatable bonds is 6. The van der Waals surface area contributed by atoms with Crippen LogP contribution < -0.4 is 4.90 Å². The third-order valence-electron chi connectivity index (χ3n) is 11.3. The number of hydrogen-bond acceptors (Lipinski definition) is 3. The van der Waals surface area contributed by atoms with E-state index in [0.717, 1.165) is 45.8 Å². The van der Waals surface area contributed by atoms with E-state index in [1.165, 1.54) is 33.7 Å². The zero-order valence-electron chi connectivity index (χ0n) is 31.3. The minimum absolute atomic E-state index is 0.120. The van der Waals surface area contributed by atoms with E-state index in [4.69, 9.17) is 0 Å². The highest BCUT2D eigenvalue weighted by Gasteiger charge is 2.44. The van der Waals surface area contributed by atoms with Crippen LogP contribution in [0.2, 0.25) is 0 Å². The molecule has 0 radical (unpaired) electrons. The largest absolute Gasteiger partial charge is 0.478 e.